The quantitative estimate of drug-likeness (QED) is 0.153. The first-order valence-corrected chi connectivity index (χ1v) is 6.12. The molecule has 0 aliphatic rings. The van der Waals surface area contributed by atoms with Crippen molar-refractivity contribution >= 4 is 14.2 Å². The monoisotopic (exact) mass is 212 g/mol. The van der Waals surface area contributed by atoms with Gasteiger partial charge in [0.15, 0.2) is 0 Å². The number of unbranched alkanes of at least 4 members (excludes halogenated alkanes) is 3. The first-order chi connectivity index (χ1) is 7.18. The molecule has 2 N–H and O–H groups in total. The van der Waals surface area contributed by atoms with Gasteiger partial charge in [-0.2, -0.15) is 0 Å². The van der Waals surface area contributed by atoms with E-state index in [9.17, 15) is 0 Å². The van der Waals surface area contributed by atoms with Crippen LogP contribution in [0, 0.1) is 0 Å². The van der Waals surface area contributed by atoms with E-state index in [1.165, 1.54) is 38.4 Å². The lowest BCUT2D eigenvalue weighted by Crippen LogP contribution is -2.45. The van der Waals surface area contributed by atoms with Gasteiger partial charge in [0.2, 0.25) is 0 Å². The van der Waals surface area contributed by atoms with Gasteiger partial charge in [-0.1, -0.05) is 51.1 Å². The Kier molecular flexibility index (Phi) is 8.25. The summed E-state index contributed by atoms with van der Waals surface area (Å²) in [6.45, 7) is 4.42. The molecule has 88 valence electrons. The minimum atomic E-state index is 0.0947. The third-order valence-corrected chi connectivity index (χ3v) is 2.88. The molecule has 0 heterocycles. The van der Waals surface area contributed by atoms with Gasteiger partial charge in [-0.05, 0) is 12.8 Å². The summed E-state index contributed by atoms with van der Waals surface area (Å²) in [6, 6.07) is 0. The van der Waals surface area contributed by atoms with Gasteiger partial charge in [0.05, 0.1) is 0 Å². The van der Waals surface area contributed by atoms with Crippen molar-refractivity contribution < 1.29 is 5.21 Å². The highest BCUT2D eigenvalue weighted by molar-refractivity contribution is 6.16. The van der Waals surface area contributed by atoms with Gasteiger partial charge in [0.1, 0.15) is 14.2 Å². The molecule has 0 aliphatic carbocycles. The summed E-state index contributed by atoms with van der Waals surface area (Å²) < 4.78 is 0. The molecule has 0 bridgehead atoms. The third-order valence-electron chi connectivity index (χ3n) is 2.88. The van der Waals surface area contributed by atoms with Crippen molar-refractivity contribution in [2.45, 2.75) is 64.2 Å². The molecule has 15 heavy (non-hydrogen) atoms. The summed E-state index contributed by atoms with van der Waals surface area (Å²) in [4.78, 5) is 0. The van der Waals surface area contributed by atoms with E-state index in [4.69, 9.17) is 5.21 Å². The van der Waals surface area contributed by atoms with Crippen LogP contribution < -0.4 is 5.32 Å². The molecule has 0 rings (SSSR count). The fourth-order valence-corrected chi connectivity index (χ4v) is 1.79. The number of nitrogens with zero attached hydrogens (tertiary/aromatic N) is 1. The molecule has 0 aromatic heterocycles. The normalized spacial score (nSPS) is 15.3. The van der Waals surface area contributed by atoms with E-state index < -0.39 is 0 Å². The van der Waals surface area contributed by atoms with Crippen molar-refractivity contribution in [3.05, 3.63) is 0 Å². The Morgan fingerprint density at radius 1 is 1.20 bits per heavy atom. The van der Waals surface area contributed by atoms with Crippen LogP contribution in [-0.2, 0) is 0 Å². The molecule has 0 spiro atoms. The highest BCUT2D eigenvalue weighted by atomic mass is 16.4. The Hall–Kier alpha value is -0.665. The zero-order valence-electron chi connectivity index (χ0n) is 10.4. The van der Waals surface area contributed by atoms with Gasteiger partial charge in [-0.15, -0.1) is 0 Å². The van der Waals surface area contributed by atoms with Crippen molar-refractivity contribution in [2.24, 2.45) is 5.16 Å². The molecular formula is C11H25BN2O. The predicted octanol–water partition coefficient (Wildman–Crippen LogP) is 2.09. The van der Waals surface area contributed by atoms with Crippen molar-refractivity contribution in [3.63, 3.8) is 0 Å². The Morgan fingerprint density at radius 3 is 2.33 bits per heavy atom. The van der Waals surface area contributed by atoms with Crippen LogP contribution in [0.3, 0.4) is 0 Å². The second-order valence-corrected chi connectivity index (χ2v) is 4.51. The Labute approximate surface area is 94.7 Å². The fourth-order valence-electron chi connectivity index (χ4n) is 1.79. The van der Waals surface area contributed by atoms with Crippen LogP contribution in [-0.4, -0.2) is 24.8 Å². The summed E-state index contributed by atoms with van der Waals surface area (Å²) in [5.41, 5.74) is 0.0947. The van der Waals surface area contributed by atoms with Crippen LogP contribution in [0.25, 0.3) is 0 Å². The molecule has 0 saturated heterocycles. The van der Waals surface area contributed by atoms with Gasteiger partial charge < -0.3 is 10.5 Å². The summed E-state index contributed by atoms with van der Waals surface area (Å²) in [7, 11) is 2.21. The van der Waals surface area contributed by atoms with Crippen LogP contribution in [0.15, 0.2) is 5.16 Å². The largest absolute Gasteiger partial charge is 0.410 e. The van der Waals surface area contributed by atoms with E-state index in [-0.39, 0.29) is 5.44 Å². The lowest BCUT2D eigenvalue weighted by Gasteiger charge is -2.30. The minimum absolute atomic E-state index is 0.0947. The van der Waals surface area contributed by atoms with Gasteiger partial charge in [0.25, 0.3) is 0 Å². The molecular weight excluding hydrogens is 187 g/mol. The number of nitrogens with one attached hydrogen (secondary N) is 1. The summed E-state index contributed by atoms with van der Waals surface area (Å²) in [5, 5.41) is 14.7. The van der Waals surface area contributed by atoms with Crippen LogP contribution in [0.4, 0.5) is 0 Å². The molecule has 0 aliphatic heterocycles. The molecule has 1 atom stereocenters. The van der Waals surface area contributed by atoms with Crippen molar-refractivity contribution in [3.8, 4) is 0 Å². The molecule has 3 nitrogen and oxygen atoms in total. The van der Waals surface area contributed by atoms with Crippen LogP contribution in [0.5, 0.6) is 0 Å². The van der Waals surface area contributed by atoms with E-state index in [0.717, 1.165) is 12.8 Å². The first-order valence-electron chi connectivity index (χ1n) is 6.12. The van der Waals surface area contributed by atoms with Crippen LogP contribution in [0.2, 0.25) is 0 Å². The fraction of sp³-hybridized carbons (Fsp3) is 0.909. The lowest BCUT2D eigenvalue weighted by molar-refractivity contribution is 0.316. The maximum Gasteiger partial charge on any atom is 0.134 e. The Balaban J connectivity index is 4.01. The molecule has 1 unspecified atom stereocenters. The average molecular weight is 212 g/mol. The average Bonchev–Trinajstić information content (AvgIpc) is 2.24. The van der Waals surface area contributed by atoms with Crippen molar-refractivity contribution in [1.82, 2.24) is 5.32 Å². The predicted molar refractivity (Wildman–Crippen MR) is 68.4 cm³/mol. The van der Waals surface area contributed by atoms with E-state index in [0.29, 0.717) is 0 Å². The number of rotatable bonds is 9. The van der Waals surface area contributed by atoms with Gasteiger partial charge in [-0.25, -0.2) is 0 Å². The zero-order chi connectivity index (χ0) is 11.6. The van der Waals surface area contributed by atoms with Gasteiger partial charge >= 0.3 is 0 Å². The zero-order valence-corrected chi connectivity index (χ0v) is 10.4. The Morgan fingerprint density at radius 2 is 1.80 bits per heavy atom. The minimum Gasteiger partial charge on any atom is -0.410 e. The third kappa shape index (κ3) is 7.29. The SMILES string of the molecule is BC(CCCC)(CCCCC)NC=NO. The standard InChI is InChI=1S/C11H25BN2O/c1-3-5-7-9-11(12,8-6-4-2)13-10-14-15/h10,15H,3-9,12H2,1-2H3,(H,13,14). The molecule has 0 radical (unpaired) electrons. The second-order valence-electron chi connectivity index (χ2n) is 4.51. The number of oxime groups is 1. The van der Waals surface area contributed by atoms with E-state index in [1.54, 1.807) is 0 Å². The van der Waals surface area contributed by atoms with E-state index in [1.807, 2.05) is 0 Å². The summed E-state index contributed by atoms with van der Waals surface area (Å²) in [6.07, 6.45) is 9.88. The number of hydrogen-bond acceptors (Lipinski definition) is 2. The smallest absolute Gasteiger partial charge is 0.134 e. The van der Waals surface area contributed by atoms with E-state index >= 15 is 0 Å². The van der Waals surface area contributed by atoms with E-state index in [2.05, 4.69) is 32.2 Å². The van der Waals surface area contributed by atoms with Crippen LogP contribution >= 0.6 is 0 Å². The summed E-state index contributed by atoms with van der Waals surface area (Å²) in [5.74, 6) is 0. The van der Waals surface area contributed by atoms with Crippen molar-refractivity contribution in [2.75, 3.05) is 0 Å². The Bertz CT molecular complexity index is 176. The first kappa shape index (κ1) is 14.3. The second kappa shape index (κ2) is 8.63. The summed E-state index contributed by atoms with van der Waals surface area (Å²) >= 11 is 0. The van der Waals surface area contributed by atoms with Gasteiger partial charge in [0, 0.05) is 5.44 Å². The molecule has 0 fully saturated rings. The van der Waals surface area contributed by atoms with Crippen LogP contribution in [0.1, 0.15) is 58.8 Å². The maximum absolute atomic E-state index is 8.43. The molecule has 0 aromatic carbocycles. The van der Waals surface area contributed by atoms with Crippen molar-refractivity contribution in [1.29, 1.82) is 0 Å². The highest BCUT2D eigenvalue weighted by Crippen LogP contribution is 2.18. The molecule has 0 saturated carbocycles. The lowest BCUT2D eigenvalue weighted by atomic mass is 9.70. The molecule has 0 amide bonds. The molecule has 4 heteroatoms. The number of hydrogen-bond donors (Lipinski definition) is 2. The molecule has 0 aromatic rings. The van der Waals surface area contributed by atoms with Gasteiger partial charge in [-0.3, -0.25) is 0 Å². The topological polar surface area (TPSA) is 44.6 Å². The maximum atomic E-state index is 8.43. The highest BCUT2D eigenvalue weighted by Gasteiger charge is 2.21.